The summed E-state index contributed by atoms with van der Waals surface area (Å²) in [6, 6.07) is 3.01. The largest absolute Gasteiger partial charge is 0.299 e. The van der Waals surface area contributed by atoms with Gasteiger partial charge in [-0.2, -0.15) is 5.26 Å². The van der Waals surface area contributed by atoms with Gasteiger partial charge in [-0.25, -0.2) is 0 Å². The minimum Gasteiger partial charge on any atom is -0.299 e. The molecule has 3 unspecified atom stereocenters. The maximum atomic E-state index is 9.19. The molecule has 1 heterocycles. The van der Waals surface area contributed by atoms with Crippen LogP contribution in [0.25, 0.3) is 0 Å². The second-order valence-corrected chi connectivity index (χ2v) is 5.09. The zero-order chi connectivity index (χ0) is 11.5. The minimum absolute atomic E-state index is 0.396. The van der Waals surface area contributed by atoms with Gasteiger partial charge >= 0.3 is 0 Å². The highest BCUT2D eigenvalue weighted by molar-refractivity contribution is 5.06. The molecule has 86 valence electrons. The molecular weight excluding hydrogens is 186 g/mol. The van der Waals surface area contributed by atoms with Crippen LogP contribution in [0, 0.1) is 17.2 Å². The summed E-state index contributed by atoms with van der Waals surface area (Å²) in [5.41, 5.74) is -0.396. The van der Waals surface area contributed by atoms with Crippen molar-refractivity contribution in [2.45, 2.75) is 45.7 Å². The molecule has 1 fully saturated rings. The Morgan fingerprint density at radius 1 is 1.53 bits per heavy atom. The average Bonchev–Trinajstić information content (AvgIpc) is 2.45. The van der Waals surface area contributed by atoms with Crippen molar-refractivity contribution in [3.63, 3.8) is 0 Å². The van der Waals surface area contributed by atoms with E-state index in [2.05, 4.69) is 30.1 Å². The van der Waals surface area contributed by atoms with Crippen LogP contribution in [0.3, 0.4) is 0 Å². The van der Waals surface area contributed by atoms with Crippen molar-refractivity contribution in [1.29, 1.82) is 5.26 Å². The third-order valence-electron chi connectivity index (χ3n) is 3.25. The monoisotopic (exact) mass is 209 g/mol. The van der Waals surface area contributed by atoms with E-state index in [4.69, 9.17) is 0 Å². The Bertz CT molecular complexity index is 246. The van der Waals surface area contributed by atoms with Gasteiger partial charge in [0, 0.05) is 19.1 Å². The molecule has 0 saturated carbocycles. The Morgan fingerprint density at radius 2 is 2.20 bits per heavy atom. The molecule has 0 aliphatic carbocycles. The highest BCUT2D eigenvalue weighted by Crippen LogP contribution is 2.23. The number of nitriles is 1. The van der Waals surface area contributed by atoms with Crippen LogP contribution < -0.4 is 5.32 Å². The predicted octanol–water partition coefficient (Wildman–Crippen LogP) is 1.61. The fourth-order valence-corrected chi connectivity index (χ4v) is 2.53. The Morgan fingerprint density at radius 3 is 2.60 bits per heavy atom. The van der Waals surface area contributed by atoms with E-state index < -0.39 is 5.54 Å². The summed E-state index contributed by atoms with van der Waals surface area (Å²) in [5, 5.41) is 12.5. The molecule has 1 N–H and O–H groups in total. The van der Waals surface area contributed by atoms with Crippen LogP contribution in [-0.4, -0.2) is 36.1 Å². The van der Waals surface area contributed by atoms with E-state index in [1.807, 2.05) is 13.8 Å². The molecule has 0 aromatic heterocycles. The maximum absolute atomic E-state index is 9.19. The highest BCUT2D eigenvalue weighted by Gasteiger charge is 2.32. The van der Waals surface area contributed by atoms with Crippen molar-refractivity contribution >= 4 is 0 Å². The van der Waals surface area contributed by atoms with E-state index in [-0.39, 0.29) is 0 Å². The van der Waals surface area contributed by atoms with Gasteiger partial charge < -0.3 is 0 Å². The van der Waals surface area contributed by atoms with E-state index in [0.29, 0.717) is 6.04 Å². The van der Waals surface area contributed by atoms with Gasteiger partial charge in [0.05, 0.1) is 6.07 Å². The summed E-state index contributed by atoms with van der Waals surface area (Å²) in [4.78, 5) is 2.43. The summed E-state index contributed by atoms with van der Waals surface area (Å²) in [5.74, 6) is 0.768. The Labute approximate surface area is 93.5 Å². The van der Waals surface area contributed by atoms with Gasteiger partial charge in [0.15, 0.2) is 0 Å². The lowest BCUT2D eigenvalue weighted by Gasteiger charge is -2.31. The summed E-state index contributed by atoms with van der Waals surface area (Å²) in [6.45, 7) is 11.4. The van der Waals surface area contributed by atoms with Crippen LogP contribution in [0.2, 0.25) is 0 Å². The van der Waals surface area contributed by atoms with Crippen LogP contribution in [-0.2, 0) is 0 Å². The molecule has 0 radical (unpaired) electrons. The van der Waals surface area contributed by atoms with Gasteiger partial charge in [-0.3, -0.25) is 10.2 Å². The number of nitrogens with zero attached hydrogens (tertiary/aromatic N) is 2. The van der Waals surface area contributed by atoms with E-state index in [1.165, 1.54) is 6.42 Å². The van der Waals surface area contributed by atoms with Crippen LogP contribution >= 0.6 is 0 Å². The lowest BCUT2D eigenvalue weighted by molar-refractivity contribution is 0.213. The van der Waals surface area contributed by atoms with Gasteiger partial charge in [0.1, 0.15) is 5.54 Å². The van der Waals surface area contributed by atoms with Crippen molar-refractivity contribution in [2.24, 2.45) is 5.92 Å². The maximum Gasteiger partial charge on any atom is 0.116 e. The first kappa shape index (κ1) is 12.5. The molecule has 0 spiro atoms. The molecule has 0 amide bonds. The van der Waals surface area contributed by atoms with Gasteiger partial charge in [-0.05, 0) is 32.7 Å². The standard InChI is InChI=1S/C12H23N3/c1-5-14-12(4,8-13)9-15-7-10(2)6-11(15)3/h10-11,14H,5-7,9H2,1-4H3. The smallest absolute Gasteiger partial charge is 0.116 e. The number of nitrogens with one attached hydrogen (secondary N) is 1. The molecule has 0 aromatic rings. The average molecular weight is 209 g/mol. The first-order chi connectivity index (χ1) is 7.00. The third kappa shape index (κ3) is 3.19. The van der Waals surface area contributed by atoms with Gasteiger partial charge in [-0.1, -0.05) is 13.8 Å². The summed E-state index contributed by atoms with van der Waals surface area (Å²) < 4.78 is 0. The van der Waals surface area contributed by atoms with Crippen LogP contribution in [0.15, 0.2) is 0 Å². The van der Waals surface area contributed by atoms with Gasteiger partial charge in [-0.15, -0.1) is 0 Å². The topological polar surface area (TPSA) is 39.1 Å². The first-order valence-electron chi connectivity index (χ1n) is 5.91. The molecule has 1 saturated heterocycles. The van der Waals surface area contributed by atoms with E-state index in [0.717, 1.165) is 25.6 Å². The number of likely N-dealkylation sites (tertiary alicyclic amines) is 1. The minimum atomic E-state index is -0.396. The molecule has 3 nitrogen and oxygen atoms in total. The molecule has 1 aliphatic rings. The number of hydrogen-bond acceptors (Lipinski definition) is 3. The first-order valence-corrected chi connectivity index (χ1v) is 5.91. The number of likely N-dealkylation sites (N-methyl/N-ethyl adjacent to an activating group) is 1. The van der Waals surface area contributed by atoms with Crippen molar-refractivity contribution in [1.82, 2.24) is 10.2 Å². The summed E-state index contributed by atoms with van der Waals surface area (Å²) >= 11 is 0. The third-order valence-corrected chi connectivity index (χ3v) is 3.25. The second-order valence-electron chi connectivity index (χ2n) is 5.09. The van der Waals surface area contributed by atoms with Crippen molar-refractivity contribution in [2.75, 3.05) is 19.6 Å². The molecule has 0 bridgehead atoms. The highest BCUT2D eigenvalue weighted by atomic mass is 15.2. The van der Waals surface area contributed by atoms with E-state index in [1.54, 1.807) is 0 Å². The zero-order valence-corrected chi connectivity index (χ0v) is 10.4. The van der Waals surface area contributed by atoms with Crippen LogP contribution in [0.4, 0.5) is 0 Å². The van der Waals surface area contributed by atoms with Crippen LogP contribution in [0.5, 0.6) is 0 Å². The van der Waals surface area contributed by atoms with Crippen molar-refractivity contribution in [3.8, 4) is 6.07 Å². The summed E-state index contributed by atoms with van der Waals surface area (Å²) in [6.07, 6.45) is 1.26. The normalized spacial score (nSPS) is 31.1. The fourth-order valence-electron chi connectivity index (χ4n) is 2.53. The van der Waals surface area contributed by atoms with E-state index >= 15 is 0 Å². The quantitative estimate of drug-likeness (QED) is 0.764. The molecule has 3 heteroatoms. The molecular formula is C12H23N3. The van der Waals surface area contributed by atoms with Crippen molar-refractivity contribution < 1.29 is 0 Å². The summed E-state index contributed by atoms with van der Waals surface area (Å²) in [7, 11) is 0. The molecule has 15 heavy (non-hydrogen) atoms. The number of rotatable bonds is 4. The van der Waals surface area contributed by atoms with Crippen LogP contribution in [0.1, 0.15) is 34.1 Å². The second kappa shape index (κ2) is 4.96. The Kier molecular flexibility index (Phi) is 4.12. The SMILES string of the molecule is CCNC(C)(C#N)CN1CC(C)CC1C. The fraction of sp³-hybridized carbons (Fsp3) is 0.917. The Hall–Kier alpha value is -0.590. The zero-order valence-electron chi connectivity index (χ0n) is 10.4. The predicted molar refractivity (Wildman–Crippen MR) is 62.5 cm³/mol. The molecule has 1 aliphatic heterocycles. The Balaban J connectivity index is 2.56. The van der Waals surface area contributed by atoms with Gasteiger partial charge in [0.25, 0.3) is 0 Å². The lowest BCUT2D eigenvalue weighted by Crippen LogP contribution is -2.51. The van der Waals surface area contributed by atoms with Crippen molar-refractivity contribution in [3.05, 3.63) is 0 Å². The van der Waals surface area contributed by atoms with Gasteiger partial charge in [0.2, 0.25) is 0 Å². The lowest BCUT2D eigenvalue weighted by atomic mass is 10.0. The molecule has 1 rings (SSSR count). The molecule has 0 aromatic carbocycles. The van der Waals surface area contributed by atoms with E-state index in [9.17, 15) is 5.26 Å². The molecule has 3 atom stereocenters. The number of hydrogen-bond donors (Lipinski definition) is 1.